The number of nitrogens with zero attached hydrogens (tertiary/aromatic N) is 6. The number of fused-ring (bicyclic) bond motifs is 3. The van der Waals surface area contributed by atoms with Crippen molar-refractivity contribution in [2.24, 2.45) is 0 Å². The molecule has 7 aromatic carbocycles. The molecule has 0 amide bonds. The van der Waals surface area contributed by atoms with Crippen molar-refractivity contribution in [3.8, 4) is 67.3 Å². The molecule has 0 fully saturated rings. The first kappa shape index (κ1) is 64.1. The SMILES string of the molecule is CC(=O)C=C(C)O.CC(=O)C=C(C)O.Cc1cccc(C)c1-c1cc(-c2[c-]cccc2)ncn1.Cc1ccccc1-c1ncnc(-c2[c-]cccc2)c1C.[Ir].[Ir].c1ccc(-c2ccnc3c2ccc2c(-c4ccccc4)ccnc23)cc1. The summed E-state index contributed by atoms with van der Waals surface area (Å²) in [4.78, 5) is 47.0. The Morgan fingerprint density at radius 3 is 1.33 bits per heavy atom. The van der Waals surface area contributed by atoms with Crippen molar-refractivity contribution in [3.05, 3.63) is 265 Å². The molecule has 0 saturated heterocycles. The number of aliphatic hydroxyl groups is 2. The molecule has 0 bridgehead atoms. The molecule has 0 unspecified atom stereocenters. The Morgan fingerprint density at radius 1 is 0.427 bits per heavy atom. The molecule has 416 valence electrons. The van der Waals surface area contributed by atoms with Gasteiger partial charge in [0.25, 0.3) is 0 Å². The summed E-state index contributed by atoms with van der Waals surface area (Å²) in [7, 11) is 0. The van der Waals surface area contributed by atoms with Gasteiger partial charge in [-0.05, 0) is 123 Å². The van der Waals surface area contributed by atoms with Gasteiger partial charge in [0, 0.05) is 86.7 Å². The Balaban J connectivity index is 0.000000201. The molecule has 10 nitrogen and oxygen atoms in total. The molecular formula is C70H62Ir2N6O4-2. The van der Waals surface area contributed by atoms with Crippen LogP contribution in [0.25, 0.3) is 89.1 Å². The van der Waals surface area contributed by atoms with E-state index in [0.717, 1.165) is 66.8 Å². The first-order valence-corrected chi connectivity index (χ1v) is 25.9. The van der Waals surface area contributed by atoms with Gasteiger partial charge in [-0.1, -0.05) is 121 Å². The molecule has 0 aliphatic carbocycles. The Hall–Kier alpha value is -8.76. The number of allylic oxidation sites excluding steroid dienone is 4. The van der Waals surface area contributed by atoms with E-state index in [1.807, 2.05) is 91.3 Å². The number of carbonyl (C=O) groups is 2. The smallest absolute Gasteiger partial charge is 0.155 e. The zero-order valence-corrected chi connectivity index (χ0v) is 51.6. The summed E-state index contributed by atoms with van der Waals surface area (Å²) in [5, 5.41) is 19.0. The maximum Gasteiger partial charge on any atom is 0.155 e. The summed E-state index contributed by atoms with van der Waals surface area (Å²) in [5.74, 6) is -0.125. The van der Waals surface area contributed by atoms with E-state index in [1.165, 1.54) is 84.4 Å². The van der Waals surface area contributed by atoms with Crippen LogP contribution in [0, 0.1) is 39.8 Å². The standard InChI is InChI=1S/C24H16N2.2C18H15N2.2C5H8O2.2Ir/c1-3-7-17(8-4-1)19-13-15-25-23-21(19)11-12-22-20(14-16-26-24(22)23)18-9-5-2-6-10-18;1-13-7-6-8-14(2)18(13)17-11-16(19-12-20-17)15-9-4-3-5-10-15;1-13-8-6-7-11-16(13)18-14(2)17(19-12-20-18)15-9-4-3-5-10-15;2*1-4(6)3-5(2)7;;/h1-16H;2*3-9,11-12H,1-2H3;2*3,6H,1-2H3;;/q;2*-1;;;;. The second-order valence-corrected chi connectivity index (χ2v) is 18.7. The average Bonchev–Trinajstić information content (AvgIpc) is 3.66. The van der Waals surface area contributed by atoms with E-state index < -0.39 is 0 Å². The molecule has 4 aromatic heterocycles. The maximum absolute atomic E-state index is 10.0. The third-order valence-electron chi connectivity index (χ3n) is 12.5. The third kappa shape index (κ3) is 17.6. The van der Waals surface area contributed by atoms with Gasteiger partial charge in [0.05, 0.1) is 33.9 Å². The predicted molar refractivity (Wildman–Crippen MR) is 324 cm³/mol. The summed E-state index contributed by atoms with van der Waals surface area (Å²) < 4.78 is 0. The Labute approximate surface area is 507 Å². The second kappa shape index (κ2) is 31.9. The number of aromatic nitrogens is 6. The fraction of sp³-hybridized carbons (Fsp3) is 0.114. The van der Waals surface area contributed by atoms with Crippen LogP contribution in [0.3, 0.4) is 0 Å². The molecule has 11 rings (SSSR count). The van der Waals surface area contributed by atoms with Gasteiger partial charge < -0.3 is 10.2 Å². The number of pyridine rings is 2. The van der Waals surface area contributed by atoms with Crippen LogP contribution in [0.2, 0.25) is 0 Å². The van der Waals surface area contributed by atoms with Gasteiger partial charge in [0.2, 0.25) is 0 Å². The van der Waals surface area contributed by atoms with Crippen LogP contribution in [0.15, 0.2) is 231 Å². The molecule has 4 heterocycles. The van der Waals surface area contributed by atoms with E-state index in [0.29, 0.717) is 0 Å². The Kier molecular flexibility index (Phi) is 24.9. The van der Waals surface area contributed by atoms with Crippen LogP contribution in [-0.2, 0) is 49.8 Å². The van der Waals surface area contributed by atoms with Crippen LogP contribution in [0.4, 0.5) is 0 Å². The van der Waals surface area contributed by atoms with Gasteiger partial charge in [-0.25, -0.2) is 9.97 Å². The second-order valence-electron chi connectivity index (χ2n) is 18.7. The van der Waals surface area contributed by atoms with Gasteiger partial charge in [0.15, 0.2) is 11.6 Å². The van der Waals surface area contributed by atoms with Crippen LogP contribution in [0.5, 0.6) is 0 Å². The zero-order valence-electron chi connectivity index (χ0n) is 46.8. The number of benzene rings is 7. The van der Waals surface area contributed by atoms with Crippen LogP contribution in [-0.4, -0.2) is 51.7 Å². The van der Waals surface area contributed by atoms with Crippen molar-refractivity contribution in [1.82, 2.24) is 29.9 Å². The third-order valence-corrected chi connectivity index (χ3v) is 12.5. The molecule has 0 aliphatic heterocycles. The number of carbonyl (C=O) groups excluding carboxylic acids is 2. The number of hydrogen-bond acceptors (Lipinski definition) is 10. The van der Waals surface area contributed by atoms with Crippen LogP contribution < -0.4 is 0 Å². The number of aliphatic hydroxyl groups excluding tert-OH is 2. The average molecular weight is 1440 g/mol. The minimum atomic E-state index is -0.125. The van der Waals surface area contributed by atoms with Crippen molar-refractivity contribution in [2.45, 2.75) is 55.4 Å². The molecule has 0 atom stereocenters. The molecular weight excluding hydrogens is 1370 g/mol. The number of hydrogen-bond donors (Lipinski definition) is 2. The van der Waals surface area contributed by atoms with Gasteiger partial charge in [-0.2, -0.15) is 0 Å². The fourth-order valence-corrected chi connectivity index (χ4v) is 8.94. The van der Waals surface area contributed by atoms with Gasteiger partial charge in [-0.3, -0.25) is 29.5 Å². The molecule has 0 spiro atoms. The van der Waals surface area contributed by atoms with Crippen molar-refractivity contribution >= 4 is 33.4 Å². The quantitative estimate of drug-likeness (QED) is 0.0651. The van der Waals surface area contributed by atoms with Crippen LogP contribution in [0.1, 0.15) is 49.9 Å². The molecule has 82 heavy (non-hydrogen) atoms. The first-order chi connectivity index (χ1) is 38.7. The van der Waals surface area contributed by atoms with E-state index in [2.05, 4.69) is 173 Å². The van der Waals surface area contributed by atoms with Crippen LogP contribution >= 0.6 is 0 Å². The molecule has 11 aromatic rings. The van der Waals surface area contributed by atoms with E-state index in [-0.39, 0.29) is 63.3 Å². The van der Waals surface area contributed by atoms with E-state index in [4.69, 9.17) is 10.2 Å². The van der Waals surface area contributed by atoms with Crippen molar-refractivity contribution in [1.29, 1.82) is 0 Å². The summed E-state index contributed by atoms with van der Waals surface area (Å²) in [5.41, 5.74) is 19.5. The topological polar surface area (TPSA) is 152 Å². The zero-order chi connectivity index (χ0) is 57.0. The summed E-state index contributed by atoms with van der Waals surface area (Å²) >= 11 is 0. The van der Waals surface area contributed by atoms with E-state index >= 15 is 0 Å². The van der Waals surface area contributed by atoms with Gasteiger partial charge >= 0.3 is 0 Å². The predicted octanol–water partition coefficient (Wildman–Crippen LogP) is 16.6. The molecule has 12 heteroatoms. The maximum atomic E-state index is 10.0. The summed E-state index contributed by atoms with van der Waals surface area (Å²) in [6.45, 7) is 14.1. The largest absolute Gasteiger partial charge is 0.512 e. The number of ketones is 2. The van der Waals surface area contributed by atoms with Gasteiger partial charge in [0.1, 0.15) is 12.7 Å². The fourth-order valence-electron chi connectivity index (χ4n) is 8.94. The van der Waals surface area contributed by atoms with Crippen molar-refractivity contribution < 1.29 is 60.0 Å². The molecule has 0 aliphatic rings. The summed E-state index contributed by atoms with van der Waals surface area (Å²) in [6.07, 6.45) is 9.34. The molecule has 0 saturated carbocycles. The Morgan fingerprint density at radius 2 is 0.866 bits per heavy atom. The number of rotatable bonds is 8. The van der Waals surface area contributed by atoms with Gasteiger partial charge in [-0.15, -0.1) is 71.8 Å². The van der Waals surface area contributed by atoms with E-state index in [9.17, 15) is 9.59 Å². The molecule has 2 radical (unpaired) electrons. The monoisotopic (exact) mass is 1440 g/mol. The van der Waals surface area contributed by atoms with E-state index in [1.54, 1.807) is 12.7 Å². The Bertz CT molecular complexity index is 3780. The molecule has 2 N–H and O–H groups in total. The van der Waals surface area contributed by atoms with Crippen molar-refractivity contribution in [3.63, 3.8) is 0 Å². The minimum absolute atomic E-state index is 0. The number of aryl methyl sites for hydroxylation is 3. The minimum Gasteiger partial charge on any atom is -0.512 e. The first-order valence-electron chi connectivity index (χ1n) is 25.9. The normalized spacial score (nSPS) is 10.6. The summed E-state index contributed by atoms with van der Waals surface area (Å²) in [6, 6.07) is 68.1. The van der Waals surface area contributed by atoms with Crippen molar-refractivity contribution in [2.75, 3.05) is 0 Å².